The molecule has 2 N–H and O–H groups in total. The van der Waals surface area contributed by atoms with Gasteiger partial charge in [0.15, 0.2) is 0 Å². The number of amides is 1. The lowest BCUT2D eigenvalue weighted by Gasteiger charge is -2.26. The maximum Gasteiger partial charge on any atom is 0.253 e. The van der Waals surface area contributed by atoms with Crippen molar-refractivity contribution in [2.75, 3.05) is 32.8 Å². The molecule has 1 amide bonds. The Labute approximate surface area is 169 Å². The van der Waals surface area contributed by atoms with E-state index in [1.54, 1.807) is 0 Å². The quantitative estimate of drug-likeness (QED) is 0.721. The van der Waals surface area contributed by atoms with Crippen LogP contribution >= 0.6 is 0 Å². The van der Waals surface area contributed by atoms with Crippen molar-refractivity contribution in [3.63, 3.8) is 0 Å². The molecule has 0 radical (unpaired) electrons. The highest BCUT2D eigenvalue weighted by Gasteiger charge is 2.20. The summed E-state index contributed by atoms with van der Waals surface area (Å²) in [6, 6.07) is 14.6. The van der Waals surface area contributed by atoms with Crippen LogP contribution in [0.3, 0.4) is 0 Å². The number of morpholine rings is 1. The lowest BCUT2D eigenvalue weighted by atomic mass is 10.0. The Balaban J connectivity index is 1.41. The standard InChI is InChI=1S/C23H24N4O2/c28-23-19-14-22(26-20(19)5-7-25-23)18-4-6-24-21(13-18)17-3-1-2-16(12-17)15-27-8-10-29-11-9-27/h1-4,6,12-14,26H,5,7-11,15H2,(H,25,28). The molecule has 0 spiro atoms. The van der Waals surface area contributed by atoms with Crippen LogP contribution in [0.1, 0.15) is 21.6 Å². The first kappa shape index (κ1) is 18.1. The van der Waals surface area contributed by atoms with Crippen LogP contribution in [0.4, 0.5) is 0 Å². The van der Waals surface area contributed by atoms with E-state index < -0.39 is 0 Å². The lowest BCUT2D eigenvalue weighted by Crippen LogP contribution is -2.35. The fourth-order valence-corrected chi connectivity index (χ4v) is 4.05. The minimum Gasteiger partial charge on any atom is -0.379 e. The monoisotopic (exact) mass is 388 g/mol. The summed E-state index contributed by atoms with van der Waals surface area (Å²) in [4.78, 5) is 22.5. The SMILES string of the molecule is O=C1NCCc2[nH]c(-c3ccnc(-c4cccc(CN5CCOCC5)c4)c3)cc21. The predicted molar refractivity (Wildman–Crippen MR) is 112 cm³/mol. The molecule has 1 saturated heterocycles. The van der Waals surface area contributed by atoms with Gasteiger partial charge in [0.05, 0.1) is 24.5 Å². The molecule has 1 fully saturated rings. The first-order chi connectivity index (χ1) is 14.3. The van der Waals surface area contributed by atoms with Crippen LogP contribution in [0.2, 0.25) is 0 Å². The number of rotatable bonds is 4. The Hall–Kier alpha value is -2.96. The number of aromatic nitrogens is 2. The number of pyridine rings is 1. The van der Waals surface area contributed by atoms with Crippen molar-refractivity contribution in [3.8, 4) is 22.5 Å². The third kappa shape index (κ3) is 3.81. The molecule has 6 nitrogen and oxygen atoms in total. The fraction of sp³-hybridized carbons (Fsp3) is 0.304. The summed E-state index contributed by atoms with van der Waals surface area (Å²) < 4.78 is 5.44. The van der Waals surface area contributed by atoms with Crippen LogP contribution in [0.15, 0.2) is 48.7 Å². The van der Waals surface area contributed by atoms with Crippen molar-refractivity contribution < 1.29 is 9.53 Å². The number of benzene rings is 1. The van der Waals surface area contributed by atoms with E-state index in [2.05, 4.69) is 50.5 Å². The Morgan fingerprint density at radius 3 is 2.83 bits per heavy atom. The molecule has 2 aromatic heterocycles. The molecule has 2 aliphatic rings. The molecule has 0 saturated carbocycles. The summed E-state index contributed by atoms with van der Waals surface area (Å²) in [5, 5.41) is 2.90. The van der Waals surface area contributed by atoms with Gasteiger partial charge in [-0.3, -0.25) is 14.7 Å². The average Bonchev–Trinajstić information content (AvgIpc) is 3.21. The van der Waals surface area contributed by atoms with Crippen LogP contribution < -0.4 is 5.32 Å². The average molecular weight is 388 g/mol. The molecule has 5 rings (SSSR count). The van der Waals surface area contributed by atoms with Gasteiger partial charge in [0.1, 0.15) is 0 Å². The van der Waals surface area contributed by atoms with E-state index in [4.69, 9.17) is 4.74 Å². The molecule has 148 valence electrons. The lowest BCUT2D eigenvalue weighted by molar-refractivity contribution is 0.0342. The Bertz CT molecular complexity index is 1040. The first-order valence-corrected chi connectivity index (χ1v) is 10.1. The normalized spacial score (nSPS) is 17.0. The number of hydrogen-bond acceptors (Lipinski definition) is 4. The first-order valence-electron chi connectivity index (χ1n) is 10.1. The highest BCUT2D eigenvalue weighted by molar-refractivity contribution is 5.97. The van der Waals surface area contributed by atoms with Gasteiger partial charge in [0.2, 0.25) is 0 Å². The second kappa shape index (κ2) is 7.81. The van der Waals surface area contributed by atoms with Gasteiger partial charge in [-0.2, -0.15) is 0 Å². The van der Waals surface area contributed by atoms with Gasteiger partial charge in [-0.15, -0.1) is 0 Å². The van der Waals surface area contributed by atoms with Crippen LogP contribution in [-0.2, 0) is 17.7 Å². The number of ether oxygens (including phenoxy) is 1. The molecular formula is C23H24N4O2. The number of nitrogens with zero attached hydrogens (tertiary/aromatic N) is 2. The zero-order valence-electron chi connectivity index (χ0n) is 16.3. The molecule has 1 aromatic carbocycles. The molecule has 2 aliphatic heterocycles. The van der Waals surface area contributed by atoms with Crippen molar-refractivity contribution in [1.82, 2.24) is 20.2 Å². The fourth-order valence-electron chi connectivity index (χ4n) is 4.05. The van der Waals surface area contributed by atoms with Crippen LogP contribution in [0.25, 0.3) is 22.5 Å². The van der Waals surface area contributed by atoms with Gasteiger partial charge < -0.3 is 15.0 Å². The minimum atomic E-state index is -0.00107. The molecule has 3 aromatic rings. The number of nitrogens with one attached hydrogen (secondary N) is 2. The van der Waals surface area contributed by atoms with Crippen LogP contribution in [0.5, 0.6) is 0 Å². The van der Waals surface area contributed by atoms with Crippen molar-refractivity contribution in [2.24, 2.45) is 0 Å². The number of aromatic amines is 1. The predicted octanol–water partition coefficient (Wildman–Crippen LogP) is 2.86. The number of hydrogen-bond donors (Lipinski definition) is 2. The van der Waals surface area contributed by atoms with E-state index >= 15 is 0 Å². The Morgan fingerprint density at radius 1 is 1.07 bits per heavy atom. The maximum absolute atomic E-state index is 12.1. The van der Waals surface area contributed by atoms with E-state index in [1.807, 2.05) is 18.3 Å². The summed E-state index contributed by atoms with van der Waals surface area (Å²) in [6.07, 6.45) is 2.67. The van der Waals surface area contributed by atoms with Crippen molar-refractivity contribution in [3.05, 3.63) is 65.5 Å². The van der Waals surface area contributed by atoms with Gasteiger partial charge in [-0.25, -0.2) is 0 Å². The van der Waals surface area contributed by atoms with Crippen LogP contribution in [0, 0.1) is 0 Å². The molecule has 4 heterocycles. The highest BCUT2D eigenvalue weighted by Crippen LogP contribution is 2.27. The van der Waals surface area contributed by atoms with E-state index in [0.717, 1.165) is 73.0 Å². The molecular weight excluding hydrogens is 364 g/mol. The zero-order valence-corrected chi connectivity index (χ0v) is 16.3. The summed E-state index contributed by atoms with van der Waals surface area (Å²) >= 11 is 0. The van der Waals surface area contributed by atoms with Gasteiger partial charge >= 0.3 is 0 Å². The molecule has 0 atom stereocenters. The molecule has 29 heavy (non-hydrogen) atoms. The maximum atomic E-state index is 12.1. The van der Waals surface area contributed by atoms with E-state index in [-0.39, 0.29) is 5.91 Å². The van der Waals surface area contributed by atoms with Crippen molar-refractivity contribution >= 4 is 5.91 Å². The number of carbonyl (C=O) groups is 1. The van der Waals surface area contributed by atoms with Crippen molar-refractivity contribution in [1.29, 1.82) is 0 Å². The van der Waals surface area contributed by atoms with E-state index in [0.29, 0.717) is 6.54 Å². The second-order valence-corrected chi connectivity index (χ2v) is 7.60. The second-order valence-electron chi connectivity index (χ2n) is 7.60. The zero-order chi connectivity index (χ0) is 19.6. The van der Waals surface area contributed by atoms with E-state index in [1.165, 1.54) is 5.56 Å². The topological polar surface area (TPSA) is 70.2 Å². The molecule has 6 heteroatoms. The smallest absolute Gasteiger partial charge is 0.253 e. The van der Waals surface area contributed by atoms with Gasteiger partial charge in [-0.05, 0) is 29.8 Å². The minimum absolute atomic E-state index is 0.00107. The van der Waals surface area contributed by atoms with Crippen molar-refractivity contribution in [2.45, 2.75) is 13.0 Å². The van der Waals surface area contributed by atoms with E-state index in [9.17, 15) is 4.79 Å². The third-order valence-corrected chi connectivity index (χ3v) is 5.61. The van der Waals surface area contributed by atoms with Gasteiger partial charge in [-0.1, -0.05) is 18.2 Å². The largest absolute Gasteiger partial charge is 0.379 e. The Morgan fingerprint density at radius 2 is 1.97 bits per heavy atom. The third-order valence-electron chi connectivity index (χ3n) is 5.61. The van der Waals surface area contributed by atoms with Gasteiger partial charge in [0, 0.05) is 61.3 Å². The number of H-pyrrole nitrogens is 1. The summed E-state index contributed by atoms with van der Waals surface area (Å²) in [5.41, 5.74) is 7.07. The summed E-state index contributed by atoms with van der Waals surface area (Å²) in [7, 11) is 0. The van der Waals surface area contributed by atoms with Gasteiger partial charge in [0.25, 0.3) is 5.91 Å². The number of carbonyl (C=O) groups excluding carboxylic acids is 1. The number of fused-ring (bicyclic) bond motifs is 1. The molecule has 0 unspecified atom stereocenters. The molecule has 0 bridgehead atoms. The highest BCUT2D eigenvalue weighted by atomic mass is 16.5. The summed E-state index contributed by atoms with van der Waals surface area (Å²) in [6.45, 7) is 5.17. The summed E-state index contributed by atoms with van der Waals surface area (Å²) in [5.74, 6) is -0.00107. The van der Waals surface area contributed by atoms with Crippen LogP contribution in [-0.4, -0.2) is 53.6 Å². The molecule has 0 aliphatic carbocycles. The Kier molecular flexibility index (Phi) is 4.87.